The topological polar surface area (TPSA) is 12.0 Å². The maximum atomic E-state index is 13.8. The fraction of sp³-hybridized carbons (Fsp3) is 0.368. The predicted octanol–water partition coefficient (Wildman–Crippen LogP) is 5.06. The fourth-order valence-electron chi connectivity index (χ4n) is 2.98. The van der Waals surface area contributed by atoms with Crippen molar-refractivity contribution < 1.29 is 4.39 Å². The second kappa shape index (κ2) is 6.84. The Balaban J connectivity index is 1.90. The van der Waals surface area contributed by atoms with Crippen LogP contribution in [0.2, 0.25) is 0 Å². The normalized spacial score (nSPS) is 16.0. The first kappa shape index (κ1) is 15.6. The Labute approximate surface area is 136 Å². The molecule has 1 nitrogen and oxygen atoms in total. The highest BCUT2D eigenvalue weighted by atomic mass is 32.2. The van der Waals surface area contributed by atoms with Crippen molar-refractivity contribution in [1.82, 2.24) is 5.32 Å². The van der Waals surface area contributed by atoms with Gasteiger partial charge in [0.15, 0.2) is 0 Å². The molecule has 0 unspecified atom stereocenters. The van der Waals surface area contributed by atoms with E-state index in [4.69, 9.17) is 0 Å². The first-order chi connectivity index (χ1) is 10.6. The second-order valence-corrected chi connectivity index (χ2v) is 7.19. The van der Waals surface area contributed by atoms with Crippen molar-refractivity contribution in [1.29, 1.82) is 0 Å². The predicted molar refractivity (Wildman–Crippen MR) is 91.3 cm³/mol. The smallest absolute Gasteiger partial charge is 0.127 e. The zero-order chi connectivity index (χ0) is 15.5. The maximum Gasteiger partial charge on any atom is 0.127 e. The van der Waals surface area contributed by atoms with Crippen LogP contribution in [0.4, 0.5) is 4.39 Å². The molecule has 2 aromatic rings. The third-order valence-electron chi connectivity index (χ3n) is 4.32. The van der Waals surface area contributed by atoms with Crippen LogP contribution in [-0.2, 0) is 0 Å². The van der Waals surface area contributed by atoms with Crippen LogP contribution in [0.1, 0.15) is 35.4 Å². The van der Waals surface area contributed by atoms with Gasteiger partial charge in [-0.1, -0.05) is 35.5 Å². The third-order valence-corrected chi connectivity index (χ3v) is 5.40. The molecule has 0 bridgehead atoms. The number of nitrogens with one attached hydrogen (secondary N) is 1. The summed E-state index contributed by atoms with van der Waals surface area (Å²) in [6, 6.07) is 12.2. The monoisotopic (exact) mass is 315 g/mol. The van der Waals surface area contributed by atoms with Crippen molar-refractivity contribution >= 4 is 11.8 Å². The first-order valence-electron chi connectivity index (χ1n) is 7.89. The molecule has 1 N–H and O–H groups in total. The van der Waals surface area contributed by atoms with Crippen molar-refractivity contribution in [2.75, 3.05) is 13.1 Å². The van der Waals surface area contributed by atoms with Crippen molar-refractivity contribution in [3.05, 3.63) is 58.9 Å². The van der Waals surface area contributed by atoms with Gasteiger partial charge in [0.05, 0.1) is 0 Å². The molecule has 2 aromatic carbocycles. The summed E-state index contributed by atoms with van der Waals surface area (Å²) in [6.07, 6.45) is 2.36. The lowest BCUT2D eigenvalue weighted by Gasteiger charge is -2.25. The summed E-state index contributed by atoms with van der Waals surface area (Å²) in [5.41, 5.74) is 3.42. The highest BCUT2D eigenvalue weighted by Crippen LogP contribution is 2.38. The third kappa shape index (κ3) is 3.53. The van der Waals surface area contributed by atoms with E-state index in [0.29, 0.717) is 11.5 Å². The summed E-state index contributed by atoms with van der Waals surface area (Å²) in [7, 11) is 0. The Morgan fingerprint density at radius 2 is 1.82 bits per heavy atom. The summed E-state index contributed by atoms with van der Waals surface area (Å²) in [5.74, 6) is 0.486. The van der Waals surface area contributed by atoms with Gasteiger partial charge in [0.1, 0.15) is 5.82 Å². The molecule has 1 aliphatic heterocycles. The highest BCUT2D eigenvalue weighted by molar-refractivity contribution is 7.99. The van der Waals surface area contributed by atoms with Gasteiger partial charge in [-0.2, -0.15) is 0 Å². The Hall–Kier alpha value is -1.32. The van der Waals surface area contributed by atoms with Gasteiger partial charge in [0, 0.05) is 9.79 Å². The van der Waals surface area contributed by atoms with Gasteiger partial charge in [-0.3, -0.25) is 0 Å². The minimum Gasteiger partial charge on any atom is -0.317 e. The van der Waals surface area contributed by atoms with Gasteiger partial charge >= 0.3 is 0 Å². The van der Waals surface area contributed by atoms with Crippen LogP contribution < -0.4 is 5.32 Å². The molecular weight excluding hydrogens is 293 g/mol. The molecule has 3 heteroatoms. The quantitative estimate of drug-likeness (QED) is 0.849. The lowest BCUT2D eigenvalue weighted by atomic mass is 9.89. The van der Waals surface area contributed by atoms with Crippen molar-refractivity contribution in [2.45, 2.75) is 42.4 Å². The van der Waals surface area contributed by atoms with Gasteiger partial charge in [0.2, 0.25) is 0 Å². The Morgan fingerprint density at radius 3 is 2.55 bits per heavy atom. The SMILES string of the molecule is Cc1ccc(Sc2ccc(C)c(F)c2)c(C2CCNCC2)c1. The van der Waals surface area contributed by atoms with Gasteiger partial charge in [-0.25, -0.2) is 4.39 Å². The van der Waals surface area contributed by atoms with E-state index in [1.54, 1.807) is 24.8 Å². The van der Waals surface area contributed by atoms with Gasteiger partial charge in [0.25, 0.3) is 0 Å². The molecule has 1 aliphatic rings. The van der Waals surface area contributed by atoms with Crippen LogP contribution in [0.3, 0.4) is 0 Å². The molecule has 3 rings (SSSR count). The largest absolute Gasteiger partial charge is 0.317 e. The number of hydrogen-bond acceptors (Lipinski definition) is 2. The molecule has 0 saturated carbocycles. The van der Waals surface area contributed by atoms with Crippen LogP contribution in [0, 0.1) is 19.7 Å². The molecule has 0 spiro atoms. The molecule has 22 heavy (non-hydrogen) atoms. The Kier molecular flexibility index (Phi) is 4.84. The van der Waals surface area contributed by atoms with Crippen molar-refractivity contribution in [3.63, 3.8) is 0 Å². The van der Waals surface area contributed by atoms with Crippen molar-refractivity contribution in [2.24, 2.45) is 0 Å². The second-order valence-electron chi connectivity index (χ2n) is 6.08. The van der Waals surface area contributed by atoms with Gasteiger partial charge in [-0.15, -0.1) is 0 Å². The molecule has 116 valence electrons. The highest BCUT2D eigenvalue weighted by Gasteiger charge is 2.19. The summed E-state index contributed by atoms with van der Waals surface area (Å²) in [4.78, 5) is 2.24. The number of benzene rings is 2. The van der Waals surface area contributed by atoms with E-state index in [9.17, 15) is 4.39 Å². The van der Waals surface area contributed by atoms with Crippen LogP contribution in [0.25, 0.3) is 0 Å². The molecule has 0 aromatic heterocycles. The Morgan fingerprint density at radius 1 is 1.05 bits per heavy atom. The first-order valence-corrected chi connectivity index (χ1v) is 8.70. The molecule has 1 fully saturated rings. The number of rotatable bonds is 3. The van der Waals surface area contributed by atoms with E-state index < -0.39 is 0 Å². The number of hydrogen-bond donors (Lipinski definition) is 1. The number of halogens is 1. The summed E-state index contributed by atoms with van der Waals surface area (Å²) >= 11 is 1.68. The lowest BCUT2D eigenvalue weighted by Crippen LogP contribution is -2.26. The average Bonchev–Trinajstić information content (AvgIpc) is 2.53. The minimum atomic E-state index is -0.125. The molecular formula is C19H22FNS. The molecule has 1 saturated heterocycles. The van der Waals surface area contributed by atoms with E-state index >= 15 is 0 Å². The van der Waals surface area contributed by atoms with Crippen LogP contribution in [0.5, 0.6) is 0 Å². The summed E-state index contributed by atoms with van der Waals surface area (Å²) in [6.45, 7) is 6.12. The standard InChI is InChI=1S/C19H22FNS/c1-13-3-6-19(17(11-13)15-7-9-21-10-8-15)22-16-5-4-14(2)18(20)12-16/h3-6,11-12,15,21H,7-10H2,1-2H3. The lowest BCUT2D eigenvalue weighted by molar-refractivity contribution is 0.456. The van der Waals surface area contributed by atoms with Gasteiger partial charge < -0.3 is 5.32 Å². The molecule has 0 aliphatic carbocycles. The van der Waals surface area contributed by atoms with Crippen LogP contribution >= 0.6 is 11.8 Å². The fourth-order valence-corrected chi connectivity index (χ4v) is 4.01. The summed E-state index contributed by atoms with van der Waals surface area (Å²) < 4.78 is 13.8. The zero-order valence-electron chi connectivity index (χ0n) is 13.2. The minimum absolute atomic E-state index is 0.125. The molecule has 0 amide bonds. The zero-order valence-corrected chi connectivity index (χ0v) is 14.0. The number of aryl methyl sites for hydroxylation is 2. The van der Waals surface area contributed by atoms with Crippen LogP contribution in [-0.4, -0.2) is 13.1 Å². The van der Waals surface area contributed by atoms with Crippen LogP contribution in [0.15, 0.2) is 46.2 Å². The number of piperidine rings is 1. The molecule has 0 atom stereocenters. The van der Waals surface area contributed by atoms with E-state index in [0.717, 1.165) is 18.0 Å². The Bertz CT molecular complexity index is 662. The van der Waals surface area contributed by atoms with Gasteiger partial charge in [-0.05, 0) is 75.0 Å². The van der Waals surface area contributed by atoms with E-state index in [1.165, 1.54) is 28.9 Å². The van der Waals surface area contributed by atoms with E-state index in [-0.39, 0.29) is 5.82 Å². The molecule has 0 radical (unpaired) electrons. The van der Waals surface area contributed by atoms with Crippen molar-refractivity contribution in [3.8, 4) is 0 Å². The maximum absolute atomic E-state index is 13.8. The van der Waals surface area contributed by atoms with E-state index in [1.807, 2.05) is 12.1 Å². The molecule has 1 heterocycles. The average molecular weight is 315 g/mol. The van der Waals surface area contributed by atoms with E-state index in [2.05, 4.69) is 30.4 Å². The summed E-state index contributed by atoms with van der Waals surface area (Å²) in [5, 5.41) is 3.43.